The zero-order valence-corrected chi connectivity index (χ0v) is 18.9. The molecule has 1 aromatic heterocycles. The van der Waals surface area contributed by atoms with Gasteiger partial charge in [0.05, 0.1) is 5.69 Å². The molecule has 0 saturated heterocycles. The lowest BCUT2D eigenvalue weighted by atomic mass is 10.1. The summed E-state index contributed by atoms with van der Waals surface area (Å²) in [7, 11) is 0. The molecule has 0 unspecified atom stereocenters. The normalized spacial score (nSPS) is 10.9. The van der Waals surface area contributed by atoms with Crippen LogP contribution in [0.25, 0.3) is 17.1 Å². The van der Waals surface area contributed by atoms with Gasteiger partial charge in [-0.3, -0.25) is 4.79 Å². The number of anilines is 1. The Hall–Kier alpha value is -3.32. The molecule has 0 aliphatic heterocycles. The van der Waals surface area contributed by atoms with Gasteiger partial charge >= 0.3 is 0 Å². The second-order valence-corrected chi connectivity index (χ2v) is 8.23. The van der Waals surface area contributed by atoms with E-state index in [1.807, 2.05) is 57.2 Å². The van der Waals surface area contributed by atoms with E-state index >= 15 is 0 Å². The van der Waals surface area contributed by atoms with Crippen LogP contribution in [-0.2, 0) is 0 Å². The minimum absolute atomic E-state index is 0.0301. The van der Waals surface area contributed by atoms with Crippen LogP contribution in [0.2, 0.25) is 0 Å². The molecule has 0 spiro atoms. The number of carbonyl (C=O) groups is 1. The third kappa shape index (κ3) is 4.27. The summed E-state index contributed by atoms with van der Waals surface area (Å²) in [4.78, 5) is 17.5. The standard InChI is InChI=1S/C24H20BrFN4O/c1-14-5-4-6-21(16(14)3)30-23(17-7-10-19(26)11-8-17)28-22(29-30)24(31)27-20-12-9-18(25)13-15(20)2/h4-13H,1-3H3,(H,27,31). The summed E-state index contributed by atoms with van der Waals surface area (Å²) in [5.41, 5.74) is 5.18. The van der Waals surface area contributed by atoms with Gasteiger partial charge in [0.15, 0.2) is 5.82 Å². The first-order valence-corrected chi connectivity index (χ1v) is 10.5. The van der Waals surface area contributed by atoms with E-state index in [-0.39, 0.29) is 11.6 Å². The van der Waals surface area contributed by atoms with Gasteiger partial charge in [0.25, 0.3) is 5.91 Å². The number of halogens is 2. The number of amides is 1. The Morgan fingerprint density at radius 3 is 2.45 bits per heavy atom. The molecule has 31 heavy (non-hydrogen) atoms. The van der Waals surface area contributed by atoms with Crippen LogP contribution in [-0.4, -0.2) is 20.7 Å². The zero-order chi connectivity index (χ0) is 22.1. The van der Waals surface area contributed by atoms with Crippen LogP contribution in [0.1, 0.15) is 27.3 Å². The van der Waals surface area contributed by atoms with Crippen LogP contribution in [0.4, 0.5) is 10.1 Å². The van der Waals surface area contributed by atoms with Gasteiger partial charge in [-0.15, -0.1) is 5.10 Å². The quantitative estimate of drug-likeness (QED) is 0.390. The van der Waals surface area contributed by atoms with Crippen molar-refractivity contribution in [2.24, 2.45) is 0 Å². The Kier molecular flexibility index (Phi) is 5.69. The smallest absolute Gasteiger partial charge is 0.295 e. The molecule has 4 rings (SSSR count). The minimum Gasteiger partial charge on any atom is -0.319 e. The van der Waals surface area contributed by atoms with Crippen molar-refractivity contribution < 1.29 is 9.18 Å². The molecule has 0 bridgehead atoms. The Morgan fingerprint density at radius 2 is 1.74 bits per heavy atom. The first kappa shape index (κ1) is 20.9. The van der Waals surface area contributed by atoms with Gasteiger partial charge in [-0.1, -0.05) is 28.1 Å². The van der Waals surface area contributed by atoms with Gasteiger partial charge in [-0.05, 0) is 86.0 Å². The molecule has 0 fully saturated rings. The molecule has 1 N–H and O–H groups in total. The van der Waals surface area contributed by atoms with Crippen molar-refractivity contribution in [3.8, 4) is 17.1 Å². The summed E-state index contributed by atoms with van der Waals surface area (Å²) in [6.45, 7) is 5.91. The van der Waals surface area contributed by atoms with Crippen LogP contribution < -0.4 is 5.32 Å². The fraction of sp³-hybridized carbons (Fsp3) is 0.125. The lowest BCUT2D eigenvalue weighted by Crippen LogP contribution is -2.15. The number of rotatable bonds is 4. The molecule has 7 heteroatoms. The summed E-state index contributed by atoms with van der Waals surface area (Å²) < 4.78 is 16.0. The van der Waals surface area contributed by atoms with Crippen molar-refractivity contribution in [2.45, 2.75) is 20.8 Å². The van der Waals surface area contributed by atoms with Crippen molar-refractivity contribution in [2.75, 3.05) is 5.32 Å². The predicted molar refractivity (Wildman–Crippen MR) is 123 cm³/mol. The van der Waals surface area contributed by atoms with Gasteiger partial charge in [0.1, 0.15) is 5.82 Å². The second-order valence-electron chi connectivity index (χ2n) is 7.31. The number of benzene rings is 3. The highest BCUT2D eigenvalue weighted by Gasteiger charge is 2.20. The monoisotopic (exact) mass is 478 g/mol. The van der Waals surface area contributed by atoms with E-state index in [4.69, 9.17) is 0 Å². The summed E-state index contributed by atoms with van der Waals surface area (Å²) in [5, 5.41) is 7.39. The molecule has 0 saturated carbocycles. The largest absolute Gasteiger partial charge is 0.319 e. The molecule has 0 aliphatic carbocycles. The first-order chi connectivity index (χ1) is 14.8. The summed E-state index contributed by atoms with van der Waals surface area (Å²) >= 11 is 3.42. The fourth-order valence-electron chi connectivity index (χ4n) is 3.27. The molecule has 0 aliphatic rings. The molecular weight excluding hydrogens is 459 g/mol. The average Bonchev–Trinajstić information content (AvgIpc) is 3.18. The number of aryl methyl sites for hydroxylation is 2. The number of nitrogens with zero attached hydrogens (tertiary/aromatic N) is 3. The number of carbonyl (C=O) groups excluding carboxylic acids is 1. The number of aromatic nitrogens is 3. The van der Waals surface area contributed by atoms with E-state index in [0.717, 1.165) is 26.9 Å². The Balaban J connectivity index is 1.80. The van der Waals surface area contributed by atoms with Crippen molar-refractivity contribution in [1.82, 2.24) is 14.8 Å². The van der Waals surface area contributed by atoms with Crippen LogP contribution in [0.5, 0.6) is 0 Å². The highest BCUT2D eigenvalue weighted by molar-refractivity contribution is 9.10. The van der Waals surface area contributed by atoms with Gasteiger partial charge in [0.2, 0.25) is 5.82 Å². The average molecular weight is 479 g/mol. The second kappa shape index (κ2) is 8.43. The molecule has 4 aromatic rings. The third-order valence-corrected chi connectivity index (χ3v) is 5.65. The highest BCUT2D eigenvalue weighted by Crippen LogP contribution is 2.26. The van der Waals surface area contributed by atoms with Crippen molar-refractivity contribution >= 4 is 27.5 Å². The fourth-order valence-corrected chi connectivity index (χ4v) is 3.75. The van der Waals surface area contributed by atoms with Crippen LogP contribution in [0, 0.1) is 26.6 Å². The number of hydrogen-bond acceptors (Lipinski definition) is 3. The lowest BCUT2D eigenvalue weighted by Gasteiger charge is -2.11. The Bertz CT molecular complexity index is 1280. The van der Waals surface area contributed by atoms with Crippen LogP contribution in [0.3, 0.4) is 0 Å². The number of nitrogens with one attached hydrogen (secondary N) is 1. The summed E-state index contributed by atoms with van der Waals surface area (Å²) in [6, 6.07) is 17.4. The molecule has 1 amide bonds. The van der Waals surface area contributed by atoms with Crippen LogP contribution in [0.15, 0.2) is 65.1 Å². The maximum Gasteiger partial charge on any atom is 0.295 e. The molecule has 0 atom stereocenters. The van der Waals surface area contributed by atoms with Gasteiger partial charge in [-0.25, -0.2) is 14.1 Å². The summed E-state index contributed by atoms with van der Waals surface area (Å²) in [6.07, 6.45) is 0. The highest BCUT2D eigenvalue weighted by atomic mass is 79.9. The molecule has 1 heterocycles. The van der Waals surface area contributed by atoms with Gasteiger partial charge in [-0.2, -0.15) is 0 Å². The van der Waals surface area contributed by atoms with Gasteiger partial charge < -0.3 is 5.32 Å². The molecular formula is C24H20BrFN4O. The molecule has 156 valence electrons. The van der Waals surface area contributed by atoms with E-state index in [0.29, 0.717) is 17.1 Å². The van der Waals surface area contributed by atoms with Crippen molar-refractivity contribution in [3.05, 3.63) is 93.5 Å². The number of hydrogen-bond donors (Lipinski definition) is 1. The van der Waals surface area contributed by atoms with E-state index in [2.05, 4.69) is 31.3 Å². The minimum atomic E-state index is -0.419. The first-order valence-electron chi connectivity index (χ1n) is 9.70. The maximum atomic E-state index is 13.5. The molecule has 3 aromatic carbocycles. The topological polar surface area (TPSA) is 59.8 Å². The zero-order valence-electron chi connectivity index (χ0n) is 17.3. The molecule has 0 radical (unpaired) electrons. The van der Waals surface area contributed by atoms with E-state index in [1.54, 1.807) is 16.8 Å². The van der Waals surface area contributed by atoms with E-state index in [9.17, 15) is 9.18 Å². The summed E-state index contributed by atoms with van der Waals surface area (Å²) in [5.74, 6) is -0.267. The SMILES string of the molecule is Cc1cc(Br)ccc1NC(=O)c1nc(-c2ccc(F)cc2)n(-c2cccc(C)c2C)n1. The predicted octanol–water partition coefficient (Wildman–Crippen LogP) is 6.01. The molecule has 5 nitrogen and oxygen atoms in total. The third-order valence-electron chi connectivity index (χ3n) is 5.15. The lowest BCUT2D eigenvalue weighted by molar-refractivity contribution is 0.101. The van der Waals surface area contributed by atoms with Gasteiger partial charge in [0, 0.05) is 15.7 Å². The van der Waals surface area contributed by atoms with Crippen molar-refractivity contribution in [3.63, 3.8) is 0 Å². The maximum absolute atomic E-state index is 13.5. The van der Waals surface area contributed by atoms with Crippen molar-refractivity contribution in [1.29, 1.82) is 0 Å². The van der Waals surface area contributed by atoms with E-state index < -0.39 is 5.91 Å². The Labute approximate surface area is 188 Å². The van der Waals surface area contributed by atoms with E-state index in [1.165, 1.54) is 12.1 Å². The Morgan fingerprint density at radius 1 is 1.00 bits per heavy atom. The van der Waals surface area contributed by atoms with Crippen LogP contribution >= 0.6 is 15.9 Å².